The van der Waals surface area contributed by atoms with Crippen LogP contribution in [0.15, 0.2) is 12.1 Å². The monoisotopic (exact) mass is 298 g/mol. The van der Waals surface area contributed by atoms with Crippen molar-refractivity contribution in [3.63, 3.8) is 0 Å². The van der Waals surface area contributed by atoms with Crippen LogP contribution in [0, 0.1) is 0 Å². The highest BCUT2D eigenvalue weighted by molar-refractivity contribution is 7.92. The van der Waals surface area contributed by atoms with Gasteiger partial charge in [-0.1, -0.05) is 0 Å². The maximum Gasteiger partial charge on any atom is 0.433 e. The second-order valence-corrected chi connectivity index (χ2v) is 5.20. The molecule has 1 N–H and O–H groups in total. The number of carbonyl (C=O) groups is 1. The fourth-order valence-electron chi connectivity index (χ4n) is 1.15. The number of methoxy groups -OCH3 is 1. The van der Waals surface area contributed by atoms with Crippen LogP contribution in [-0.4, -0.2) is 32.7 Å². The predicted octanol–water partition coefficient (Wildman–Crippen LogP) is 1.26. The first kappa shape index (κ1) is 15.2. The fraction of sp³-hybridized carbons (Fsp3) is 0.333. The molecule has 19 heavy (non-hydrogen) atoms. The van der Waals surface area contributed by atoms with Gasteiger partial charge in [-0.3, -0.25) is 4.72 Å². The summed E-state index contributed by atoms with van der Waals surface area (Å²) in [6.07, 6.45) is -4.04. The van der Waals surface area contributed by atoms with Crippen LogP contribution in [0.4, 0.5) is 19.0 Å². The van der Waals surface area contributed by atoms with Crippen molar-refractivity contribution in [2.45, 2.75) is 6.18 Å². The van der Waals surface area contributed by atoms with Crippen LogP contribution in [0.5, 0.6) is 0 Å². The molecular weight excluding hydrogens is 289 g/mol. The standard InChI is InChI=1S/C9H9F3N2O4S/c1-18-8(15)5-3-4-6(9(10,11)12)13-7(5)14-19(2,16)17/h3-4H,1-2H3,(H,13,14). The van der Waals surface area contributed by atoms with Crippen molar-refractivity contribution >= 4 is 21.8 Å². The van der Waals surface area contributed by atoms with E-state index in [4.69, 9.17) is 0 Å². The largest absolute Gasteiger partial charge is 0.465 e. The van der Waals surface area contributed by atoms with Crippen LogP contribution in [0.1, 0.15) is 16.1 Å². The lowest BCUT2D eigenvalue weighted by atomic mass is 10.2. The molecule has 0 radical (unpaired) electrons. The van der Waals surface area contributed by atoms with Crippen LogP contribution in [0.3, 0.4) is 0 Å². The Bertz CT molecular complexity index is 598. The third-order valence-electron chi connectivity index (χ3n) is 1.87. The van der Waals surface area contributed by atoms with Gasteiger partial charge in [0.05, 0.1) is 13.4 Å². The number of halogens is 3. The van der Waals surface area contributed by atoms with Crippen molar-refractivity contribution in [3.05, 3.63) is 23.4 Å². The zero-order chi connectivity index (χ0) is 14.8. The van der Waals surface area contributed by atoms with Gasteiger partial charge in [0.15, 0.2) is 5.82 Å². The molecule has 1 aromatic heterocycles. The van der Waals surface area contributed by atoms with E-state index >= 15 is 0 Å². The summed E-state index contributed by atoms with van der Waals surface area (Å²) in [5, 5.41) is 0. The first-order valence-corrected chi connectivity index (χ1v) is 6.58. The van der Waals surface area contributed by atoms with Gasteiger partial charge in [0.2, 0.25) is 10.0 Å². The molecule has 0 aliphatic rings. The molecular formula is C9H9F3N2O4S. The molecule has 6 nitrogen and oxygen atoms in total. The first-order valence-electron chi connectivity index (χ1n) is 4.69. The average molecular weight is 298 g/mol. The van der Waals surface area contributed by atoms with E-state index in [1.807, 2.05) is 0 Å². The molecule has 0 spiro atoms. The number of hydrogen-bond donors (Lipinski definition) is 1. The second kappa shape index (κ2) is 5.03. The van der Waals surface area contributed by atoms with Gasteiger partial charge < -0.3 is 4.74 Å². The lowest BCUT2D eigenvalue weighted by Gasteiger charge is -2.11. The van der Waals surface area contributed by atoms with E-state index in [0.29, 0.717) is 6.07 Å². The summed E-state index contributed by atoms with van der Waals surface area (Å²) >= 11 is 0. The minimum atomic E-state index is -4.76. The van der Waals surface area contributed by atoms with Crippen LogP contribution >= 0.6 is 0 Å². The maximum absolute atomic E-state index is 12.5. The Labute approximate surface area is 106 Å². The fourth-order valence-corrected chi connectivity index (χ4v) is 1.65. The molecule has 0 aromatic carbocycles. The number of ether oxygens (including phenoxy) is 1. The molecule has 106 valence electrons. The number of esters is 1. The molecule has 0 saturated heterocycles. The van der Waals surface area contributed by atoms with Gasteiger partial charge in [0, 0.05) is 0 Å². The lowest BCUT2D eigenvalue weighted by Crippen LogP contribution is -2.18. The Balaban J connectivity index is 3.38. The topological polar surface area (TPSA) is 85.4 Å². The molecule has 0 unspecified atom stereocenters. The molecule has 0 atom stereocenters. The molecule has 1 rings (SSSR count). The van der Waals surface area contributed by atoms with Crippen LogP contribution in [0.25, 0.3) is 0 Å². The van der Waals surface area contributed by atoms with Gasteiger partial charge in [0.1, 0.15) is 11.3 Å². The number of anilines is 1. The Morgan fingerprint density at radius 1 is 1.37 bits per heavy atom. The van der Waals surface area contributed by atoms with Crippen LogP contribution in [0.2, 0.25) is 0 Å². The van der Waals surface area contributed by atoms with Crippen LogP contribution in [-0.2, 0) is 20.9 Å². The third kappa shape index (κ3) is 4.09. The normalized spacial score (nSPS) is 12.1. The highest BCUT2D eigenvalue weighted by atomic mass is 32.2. The number of alkyl halides is 3. The summed E-state index contributed by atoms with van der Waals surface area (Å²) in [4.78, 5) is 14.4. The molecule has 10 heteroatoms. The molecule has 0 fully saturated rings. The van der Waals surface area contributed by atoms with Gasteiger partial charge in [-0.2, -0.15) is 13.2 Å². The van der Waals surface area contributed by atoms with E-state index in [-0.39, 0.29) is 0 Å². The van der Waals surface area contributed by atoms with E-state index in [0.717, 1.165) is 19.4 Å². The third-order valence-corrected chi connectivity index (χ3v) is 2.44. The van der Waals surface area contributed by atoms with Crippen molar-refractivity contribution in [2.24, 2.45) is 0 Å². The maximum atomic E-state index is 12.5. The summed E-state index contributed by atoms with van der Waals surface area (Å²) < 4.78 is 65.5. The summed E-state index contributed by atoms with van der Waals surface area (Å²) in [6.45, 7) is 0. The van der Waals surface area contributed by atoms with E-state index in [1.54, 1.807) is 4.72 Å². The predicted molar refractivity (Wildman–Crippen MR) is 59.0 cm³/mol. The van der Waals surface area contributed by atoms with E-state index < -0.39 is 39.2 Å². The van der Waals surface area contributed by atoms with Gasteiger partial charge in [0.25, 0.3) is 0 Å². The molecule has 0 bridgehead atoms. The van der Waals surface area contributed by atoms with E-state index in [1.165, 1.54) is 0 Å². The molecule has 0 amide bonds. The smallest absolute Gasteiger partial charge is 0.433 e. The Kier molecular flexibility index (Phi) is 4.03. The summed E-state index contributed by atoms with van der Waals surface area (Å²) in [6, 6.07) is 1.34. The Morgan fingerprint density at radius 3 is 2.37 bits per heavy atom. The Hall–Kier alpha value is -1.84. The minimum Gasteiger partial charge on any atom is -0.465 e. The minimum absolute atomic E-state index is 0.416. The second-order valence-electron chi connectivity index (χ2n) is 3.46. The average Bonchev–Trinajstić information content (AvgIpc) is 2.24. The number of rotatable bonds is 3. The molecule has 1 aromatic rings. The van der Waals surface area contributed by atoms with Crippen molar-refractivity contribution in [1.82, 2.24) is 4.98 Å². The quantitative estimate of drug-likeness (QED) is 0.849. The number of nitrogens with one attached hydrogen (secondary N) is 1. The van der Waals surface area contributed by atoms with Crippen molar-refractivity contribution < 1.29 is 31.1 Å². The first-order chi connectivity index (χ1) is 8.54. The number of nitrogens with zero attached hydrogens (tertiary/aromatic N) is 1. The van der Waals surface area contributed by atoms with E-state index in [9.17, 15) is 26.4 Å². The van der Waals surface area contributed by atoms with Gasteiger partial charge in [-0.25, -0.2) is 18.2 Å². The molecule has 1 heterocycles. The van der Waals surface area contributed by atoms with Crippen LogP contribution < -0.4 is 4.72 Å². The van der Waals surface area contributed by atoms with Gasteiger partial charge in [-0.15, -0.1) is 0 Å². The molecule has 0 saturated carbocycles. The molecule has 0 aliphatic carbocycles. The van der Waals surface area contributed by atoms with Crippen molar-refractivity contribution in [1.29, 1.82) is 0 Å². The lowest BCUT2D eigenvalue weighted by molar-refractivity contribution is -0.141. The number of aromatic nitrogens is 1. The van der Waals surface area contributed by atoms with Gasteiger partial charge >= 0.3 is 12.1 Å². The number of hydrogen-bond acceptors (Lipinski definition) is 5. The highest BCUT2D eigenvalue weighted by Crippen LogP contribution is 2.29. The zero-order valence-electron chi connectivity index (χ0n) is 9.78. The highest BCUT2D eigenvalue weighted by Gasteiger charge is 2.34. The van der Waals surface area contributed by atoms with Gasteiger partial charge in [-0.05, 0) is 12.1 Å². The summed E-state index contributed by atoms with van der Waals surface area (Å²) in [5.41, 5.74) is -1.74. The summed E-state index contributed by atoms with van der Waals surface area (Å²) in [5.74, 6) is -1.74. The van der Waals surface area contributed by atoms with Crippen molar-refractivity contribution in [3.8, 4) is 0 Å². The van der Waals surface area contributed by atoms with E-state index in [2.05, 4.69) is 9.72 Å². The number of sulfonamides is 1. The molecule has 0 aliphatic heterocycles. The van der Waals surface area contributed by atoms with Crippen molar-refractivity contribution in [2.75, 3.05) is 18.1 Å². The Morgan fingerprint density at radius 2 is 1.95 bits per heavy atom. The number of carbonyl (C=O) groups excluding carboxylic acids is 1. The zero-order valence-corrected chi connectivity index (χ0v) is 10.6. The summed E-state index contributed by atoms with van der Waals surface area (Å²) in [7, 11) is -2.89. The number of pyridine rings is 1. The SMILES string of the molecule is COC(=O)c1ccc(C(F)(F)F)nc1NS(C)(=O)=O.